The summed E-state index contributed by atoms with van der Waals surface area (Å²) < 4.78 is 5.01. The van der Waals surface area contributed by atoms with Crippen LogP contribution >= 0.6 is 0 Å². The highest BCUT2D eigenvalue weighted by Crippen LogP contribution is 2.03. The van der Waals surface area contributed by atoms with E-state index < -0.39 is 0 Å². The van der Waals surface area contributed by atoms with Crippen LogP contribution in [0.5, 0.6) is 0 Å². The van der Waals surface area contributed by atoms with Crippen LogP contribution in [-0.4, -0.2) is 12.1 Å². The SMILES string of the molecule is C=C(C)C(=O)O[C@H](C)CCC. The zero-order valence-corrected chi connectivity index (χ0v) is 7.52. The average Bonchev–Trinajstić information content (AvgIpc) is 1.87. The van der Waals surface area contributed by atoms with Crippen LogP contribution < -0.4 is 0 Å². The summed E-state index contributed by atoms with van der Waals surface area (Å²) in [5, 5.41) is 0. The minimum absolute atomic E-state index is 0.0178. The second-order valence-electron chi connectivity index (χ2n) is 2.78. The number of carbonyl (C=O) groups excluding carboxylic acids is 1. The number of esters is 1. The van der Waals surface area contributed by atoms with Crippen LogP contribution in [-0.2, 0) is 9.53 Å². The van der Waals surface area contributed by atoms with Crippen molar-refractivity contribution in [1.82, 2.24) is 0 Å². The van der Waals surface area contributed by atoms with Crippen molar-refractivity contribution in [3.63, 3.8) is 0 Å². The second-order valence-corrected chi connectivity index (χ2v) is 2.78. The van der Waals surface area contributed by atoms with Gasteiger partial charge in [0.2, 0.25) is 0 Å². The summed E-state index contributed by atoms with van der Waals surface area (Å²) in [7, 11) is 0. The maximum atomic E-state index is 10.9. The summed E-state index contributed by atoms with van der Waals surface area (Å²) in [4.78, 5) is 10.9. The van der Waals surface area contributed by atoms with Gasteiger partial charge in [0.1, 0.15) is 0 Å². The monoisotopic (exact) mass is 156 g/mol. The highest BCUT2D eigenvalue weighted by atomic mass is 16.5. The smallest absolute Gasteiger partial charge is 0.333 e. The first-order valence-electron chi connectivity index (χ1n) is 3.94. The molecule has 0 heterocycles. The van der Waals surface area contributed by atoms with Crippen molar-refractivity contribution in [3.8, 4) is 0 Å². The molecule has 2 nitrogen and oxygen atoms in total. The maximum Gasteiger partial charge on any atom is 0.333 e. The quantitative estimate of drug-likeness (QED) is 0.461. The fourth-order valence-electron chi connectivity index (χ4n) is 0.749. The van der Waals surface area contributed by atoms with Crippen molar-refractivity contribution < 1.29 is 9.53 Å². The van der Waals surface area contributed by atoms with E-state index in [4.69, 9.17) is 4.74 Å². The van der Waals surface area contributed by atoms with Gasteiger partial charge in [0.15, 0.2) is 0 Å². The molecule has 0 saturated carbocycles. The number of hydrogen-bond acceptors (Lipinski definition) is 2. The molecule has 0 bridgehead atoms. The molecule has 0 unspecified atom stereocenters. The molecular weight excluding hydrogens is 140 g/mol. The van der Waals surface area contributed by atoms with Crippen molar-refractivity contribution in [2.24, 2.45) is 0 Å². The Hall–Kier alpha value is -0.790. The molecule has 0 aromatic rings. The van der Waals surface area contributed by atoms with Gasteiger partial charge in [0, 0.05) is 5.57 Å². The van der Waals surface area contributed by atoms with Crippen LogP contribution in [0.1, 0.15) is 33.6 Å². The van der Waals surface area contributed by atoms with Crippen molar-refractivity contribution in [1.29, 1.82) is 0 Å². The van der Waals surface area contributed by atoms with Gasteiger partial charge < -0.3 is 4.74 Å². The largest absolute Gasteiger partial charge is 0.459 e. The van der Waals surface area contributed by atoms with Crippen LogP contribution in [0.4, 0.5) is 0 Å². The molecule has 0 spiro atoms. The van der Waals surface area contributed by atoms with Crippen LogP contribution in [0.15, 0.2) is 12.2 Å². The molecule has 0 aliphatic carbocycles. The Bertz CT molecular complexity index is 150. The van der Waals surface area contributed by atoms with E-state index in [1.54, 1.807) is 6.92 Å². The third kappa shape index (κ3) is 4.59. The molecule has 2 heteroatoms. The highest BCUT2D eigenvalue weighted by Gasteiger charge is 2.07. The first kappa shape index (κ1) is 10.2. The normalized spacial score (nSPS) is 12.3. The molecule has 0 fully saturated rings. The molecule has 0 rings (SSSR count). The van der Waals surface area contributed by atoms with Crippen LogP contribution in [0.25, 0.3) is 0 Å². The predicted molar refractivity (Wildman–Crippen MR) is 45.3 cm³/mol. The minimum Gasteiger partial charge on any atom is -0.459 e. The molecule has 11 heavy (non-hydrogen) atoms. The fourth-order valence-corrected chi connectivity index (χ4v) is 0.749. The molecule has 0 aromatic carbocycles. The fraction of sp³-hybridized carbons (Fsp3) is 0.667. The summed E-state index contributed by atoms with van der Waals surface area (Å²) in [5.41, 5.74) is 0.466. The second kappa shape index (κ2) is 4.94. The Kier molecular flexibility index (Phi) is 4.59. The Balaban J connectivity index is 3.66. The molecule has 1 atom stereocenters. The summed E-state index contributed by atoms with van der Waals surface area (Å²) in [6.07, 6.45) is 1.97. The van der Waals surface area contributed by atoms with E-state index in [1.165, 1.54) is 0 Å². The topological polar surface area (TPSA) is 26.3 Å². The van der Waals surface area contributed by atoms with Crippen molar-refractivity contribution >= 4 is 5.97 Å². The lowest BCUT2D eigenvalue weighted by atomic mass is 10.2. The standard InChI is InChI=1S/C9H16O2/c1-5-6-8(4)11-9(10)7(2)3/h8H,2,5-6H2,1,3-4H3/t8-/m1/s1. The Morgan fingerprint density at radius 3 is 2.55 bits per heavy atom. The van der Waals surface area contributed by atoms with E-state index in [-0.39, 0.29) is 12.1 Å². The summed E-state index contributed by atoms with van der Waals surface area (Å²) in [5.74, 6) is -0.286. The summed E-state index contributed by atoms with van der Waals surface area (Å²) in [6, 6.07) is 0. The Morgan fingerprint density at radius 1 is 1.64 bits per heavy atom. The van der Waals surface area contributed by atoms with E-state index in [0.717, 1.165) is 12.8 Å². The van der Waals surface area contributed by atoms with Crippen LogP contribution in [0.3, 0.4) is 0 Å². The molecule has 0 saturated heterocycles. The Morgan fingerprint density at radius 2 is 2.18 bits per heavy atom. The van der Waals surface area contributed by atoms with E-state index in [0.29, 0.717) is 5.57 Å². The van der Waals surface area contributed by atoms with Crippen LogP contribution in [0, 0.1) is 0 Å². The molecule has 0 radical (unpaired) electrons. The molecule has 0 N–H and O–H groups in total. The minimum atomic E-state index is -0.286. The number of carbonyl (C=O) groups is 1. The van der Waals surface area contributed by atoms with Gasteiger partial charge in [-0.1, -0.05) is 19.9 Å². The van der Waals surface area contributed by atoms with Gasteiger partial charge in [-0.2, -0.15) is 0 Å². The zero-order chi connectivity index (χ0) is 8.85. The number of ether oxygens (including phenoxy) is 1. The van der Waals surface area contributed by atoms with E-state index in [1.807, 2.05) is 6.92 Å². The number of hydrogen-bond donors (Lipinski definition) is 0. The lowest BCUT2D eigenvalue weighted by Crippen LogP contribution is -2.14. The van der Waals surface area contributed by atoms with Crippen molar-refractivity contribution in [3.05, 3.63) is 12.2 Å². The molecule has 64 valence electrons. The van der Waals surface area contributed by atoms with Gasteiger partial charge >= 0.3 is 5.97 Å². The first-order chi connectivity index (χ1) is 5.07. The van der Waals surface area contributed by atoms with Crippen LogP contribution in [0.2, 0.25) is 0 Å². The summed E-state index contributed by atoms with van der Waals surface area (Å²) in [6.45, 7) is 9.10. The average molecular weight is 156 g/mol. The molecule has 0 amide bonds. The predicted octanol–water partition coefficient (Wildman–Crippen LogP) is 2.29. The van der Waals surface area contributed by atoms with E-state index in [9.17, 15) is 4.79 Å². The third-order valence-corrected chi connectivity index (χ3v) is 1.35. The molecular formula is C9H16O2. The zero-order valence-electron chi connectivity index (χ0n) is 7.52. The van der Waals surface area contributed by atoms with Gasteiger partial charge in [-0.05, 0) is 20.3 Å². The highest BCUT2D eigenvalue weighted by molar-refractivity contribution is 5.87. The molecule has 0 aliphatic rings. The van der Waals surface area contributed by atoms with Crippen molar-refractivity contribution in [2.45, 2.75) is 39.7 Å². The molecule has 0 aliphatic heterocycles. The van der Waals surface area contributed by atoms with Gasteiger partial charge in [-0.3, -0.25) is 0 Å². The van der Waals surface area contributed by atoms with Crippen molar-refractivity contribution in [2.75, 3.05) is 0 Å². The lowest BCUT2D eigenvalue weighted by Gasteiger charge is -2.11. The van der Waals surface area contributed by atoms with Gasteiger partial charge in [-0.25, -0.2) is 4.79 Å². The maximum absolute atomic E-state index is 10.9. The Labute approximate surface area is 68.2 Å². The lowest BCUT2D eigenvalue weighted by molar-refractivity contribution is -0.143. The molecule has 0 aromatic heterocycles. The van der Waals surface area contributed by atoms with Gasteiger partial charge in [0.25, 0.3) is 0 Å². The van der Waals surface area contributed by atoms with Gasteiger partial charge in [-0.15, -0.1) is 0 Å². The summed E-state index contributed by atoms with van der Waals surface area (Å²) >= 11 is 0. The van der Waals surface area contributed by atoms with Gasteiger partial charge in [0.05, 0.1) is 6.10 Å². The van der Waals surface area contributed by atoms with E-state index >= 15 is 0 Å². The van der Waals surface area contributed by atoms with E-state index in [2.05, 4.69) is 13.5 Å². The number of rotatable bonds is 4. The third-order valence-electron chi connectivity index (χ3n) is 1.35. The first-order valence-corrected chi connectivity index (χ1v) is 3.94.